The van der Waals surface area contributed by atoms with E-state index < -0.39 is 0 Å². The SMILES string of the molecule is Cc1ccc2nc(CN(C)C3CCCCC3CN)cn2c1. The van der Waals surface area contributed by atoms with E-state index in [1.165, 1.54) is 31.2 Å². The molecule has 0 saturated heterocycles. The van der Waals surface area contributed by atoms with Crippen molar-refractivity contribution < 1.29 is 0 Å². The first-order valence-electron chi connectivity index (χ1n) is 8.02. The molecule has 0 amide bonds. The first-order chi connectivity index (χ1) is 10.2. The lowest BCUT2D eigenvalue weighted by molar-refractivity contribution is 0.126. The van der Waals surface area contributed by atoms with E-state index in [-0.39, 0.29) is 0 Å². The van der Waals surface area contributed by atoms with Crippen LogP contribution >= 0.6 is 0 Å². The van der Waals surface area contributed by atoms with Crippen LogP contribution in [0.4, 0.5) is 0 Å². The summed E-state index contributed by atoms with van der Waals surface area (Å²) >= 11 is 0. The summed E-state index contributed by atoms with van der Waals surface area (Å²) in [7, 11) is 2.22. The third-order valence-corrected chi connectivity index (χ3v) is 4.80. The van der Waals surface area contributed by atoms with Crippen molar-refractivity contribution in [2.24, 2.45) is 11.7 Å². The van der Waals surface area contributed by atoms with Crippen molar-refractivity contribution in [1.82, 2.24) is 14.3 Å². The summed E-state index contributed by atoms with van der Waals surface area (Å²) in [6.45, 7) is 3.82. The highest BCUT2D eigenvalue weighted by Crippen LogP contribution is 2.28. The highest BCUT2D eigenvalue weighted by atomic mass is 15.2. The van der Waals surface area contributed by atoms with Crippen LogP contribution in [0.15, 0.2) is 24.5 Å². The average molecular weight is 286 g/mol. The van der Waals surface area contributed by atoms with Gasteiger partial charge >= 0.3 is 0 Å². The van der Waals surface area contributed by atoms with Crippen LogP contribution in [-0.2, 0) is 6.54 Å². The Labute approximate surface area is 127 Å². The van der Waals surface area contributed by atoms with Crippen molar-refractivity contribution in [3.8, 4) is 0 Å². The molecule has 1 saturated carbocycles. The van der Waals surface area contributed by atoms with Crippen LogP contribution in [0.1, 0.15) is 36.9 Å². The number of rotatable bonds is 4. The Balaban J connectivity index is 1.74. The topological polar surface area (TPSA) is 46.6 Å². The molecule has 0 aliphatic heterocycles. The Morgan fingerprint density at radius 3 is 2.90 bits per heavy atom. The number of nitrogens with zero attached hydrogens (tertiary/aromatic N) is 3. The third kappa shape index (κ3) is 3.11. The molecule has 0 aromatic carbocycles. The van der Waals surface area contributed by atoms with Gasteiger partial charge in [-0.1, -0.05) is 18.9 Å². The molecule has 2 atom stereocenters. The number of hydrogen-bond acceptors (Lipinski definition) is 3. The zero-order valence-corrected chi connectivity index (χ0v) is 13.1. The van der Waals surface area contributed by atoms with Crippen molar-refractivity contribution in [2.75, 3.05) is 13.6 Å². The van der Waals surface area contributed by atoms with Crippen LogP contribution in [0.3, 0.4) is 0 Å². The van der Waals surface area contributed by atoms with Crippen molar-refractivity contribution >= 4 is 5.65 Å². The van der Waals surface area contributed by atoms with Gasteiger partial charge in [0, 0.05) is 25.0 Å². The lowest BCUT2D eigenvalue weighted by atomic mass is 9.83. The van der Waals surface area contributed by atoms with Crippen molar-refractivity contribution in [3.63, 3.8) is 0 Å². The normalized spacial score (nSPS) is 23.0. The maximum Gasteiger partial charge on any atom is 0.137 e. The smallest absolute Gasteiger partial charge is 0.137 e. The zero-order valence-electron chi connectivity index (χ0n) is 13.1. The van der Waals surface area contributed by atoms with Crippen LogP contribution in [0, 0.1) is 12.8 Å². The molecule has 0 radical (unpaired) electrons. The van der Waals surface area contributed by atoms with Gasteiger partial charge < -0.3 is 10.1 Å². The number of imidazole rings is 1. The fourth-order valence-electron chi connectivity index (χ4n) is 3.65. The molecule has 1 aliphatic carbocycles. The molecule has 2 aromatic rings. The van der Waals surface area contributed by atoms with Gasteiger partial charge in [-0.3, -0.25) is 4.90 Å². The lowest BCUT2D eigenvalue weighted by Crippen LogP contribution is -2.42. The average Bonchev–Trinajstić information content (AvgIpc) is 2.88. The van der Waals surface area contributed by atoms with Crippen LogP contribution < -0.4 is 5.73 Å². The van der Waals surface area contributed by atoms with Crippen molar-refractivity contribution in [3.05, 3.63) is 35.8 Å². The summed E-state index contributed by atoms with van der Waals surface area (Å²) in [5, 5.41) is 0. The summed E-state index contributed by atoms with van der Waals surface area (Å²) in [5.74, 6) is 0.642. The summed E-state index contributed by atoms with van der Waals surface area (Å²) < 4.78 is 2.12. The van der Waals surface area contributed by atoms with Crippen molar-refractivity contribution in [2.45, 2.75) is 45.2 Å². The summed E-state index contributed by atoms with van der Waals surface area (Å²) in [6.07, 6.45) is 9.49. The molecule has 2 aromatic heterocycles. The summed E-state index contributed by atoms with van der Waals surface area (Å²) in [6, 6.07) is 4.80. The summed E-state index contributed by atoms with van der Waals surface area (Å²) in [5.41, 5.74) is 9.39. The minimum absolute atomic E-state index is 0.607. The predicted molar refractivity (Wildman–Crippen MR) is 86.2 cm³/mol. The number of aryl methyl sites for hydroxylation is 1. The zero-order chi connectivity index (χ0) is 14.8. The highest BCUT2D eigenvalue weighted by Gasteiger charge is 2.27. The van der Waals surface area contributed by atoms with Gasteiger partial charge in [-0.15, -0.1) is 0 Å². The standard InChI is InChI=1S/C17H26N4/c1-13-7-8-17-19-15(12-21(17)10-13)11-20(2)16-6-4-3-5-14(16)9-18/h7-8,10,12,14,16H,3-6,9,11,18H2,1-2H3. The molecule has 2 heterocycles. The molecule has 2 unspecified atom stereocenters. The van der Waals surface area contributed by atoms with Gasteiger partial charge in [0.05, 0.1) is 5.69 Å². The first kappa shape index (κ1) is 14.5. The molecule has 0 spiro atoms. The number of nitrogens with two attached hydrogens (primary N) is 1. The largest absolute Gasteiger partial charge is 0.330 e. The van der Waals surface area contributed by atoms with E-state index in [4.69, 9.17) is 10.7 Å². The number of aromatic nitrogens is 2. The van der Waals surface area contributed by atoms with E-state index >= 15 is 0 Å². The molecule has 21 heavy (non-hydrogen) atoms. The van der Waals surface area contributed by atoms with E-state index in [2.05, 4.69) is 47.8 Å². The van der Waals surface area contributed by atoms with E-state index in [0.29, 0.717) is 12.0 Å². The van der Waals surface area contributed by atoms with Gasteiger partial charge in [0.2, 0.25) is 0 Å². The summed E-state index contributed by atoms with van der Waals surface area (Å²) in [4.78, 5) is 7.18. The van der Waals surface area contributed by atoms with Gasteiger partial charge in [-0.25, -0.2) is 4.98 Å². The van der Waals surface area contributed by atoms with Crippen LogP contribution in [-0.4, -0.2) is 33.9 Å². The molecule has 2 N–H and O–H groups in total. The quantitative estimate of drug-likeness (QED) is 0.939. The molecule has 3 rings (SSSR count). The second-order valence-corrected chi connectivity index (χ2v) is 6.47. The Morgan fingerprint density at radius 1 is 1.29 bits per heavy atom. The molecule has 4 nitrogen and oxygen atoms in total. The van der Waals surface area contributed by atoms with Gasteiger partial charge in [-0.05, 0) is 50.9 Å². The molecule has 0 bridgehead atoms. The monoisotopic (exact) mass is 286 g/mol. The second-order valence-electron chi connectivity index (χ2n) is 6.47. The Bertz CT molecular complexity index is 604. The van der Waals surface area contributed by atoms with Gasteiger partial charge in [0.25, 0.3) is 0 Å². The van der Waals surface area contributed by atoms with Gasteiger partial charge in [0.15, 0.2) is 0 Å². The maximum atomic E-state index is 5.96. The van der Waals surface area contributed by atoms with E-state index in [1.54, 1.807) is 0 Å². The van der Waals surface area contributed by atoms with Crippen LogP contribution in [0.2, 0.25) is 0 Å². The number of hydrogen-bond donors (Lipinski definition) is 1. The van der Waals surface area contributed by atoms with E-state index in [1.807, 2.05) is 0 Å². The predicted octanol–water partition coefficient (Wildman–Crippen LogP) is 2.59. The Hall–Kier alpha value is -1.39. The molecule has 1 fully saturated rings. The molecular formula is C17H26N4. The fourth-order valence-corrected chi connectivity index (χ4v) is 3.65. The van der Waals surface area contributed by atoms with Crippen LogP contribution in [0.5, 0.6) is 0 Å². The molecular weight excluding hydrogens is 260 g/mol. The second kappa shape index (κ2) is 6.16. The van der Waals surface area contributed by atoms with E-state index in [9.17, 15) is 0 Å². The molecule has 1 aliphatic rings. The Kier molecular flexibility index (Phi) is 4.27. The van der Waals surface area contributed by atoms with Crippen LogP contribution in [0.25, 0.3) is 5.65 Å². The van der Waals surface area contributed by atoms with E-state index in [0.717, 1.165) is 24.4 Å². The highest BCUT2D eigenvalue weighted by molar-refractivity contribution is 5.41. The first-order valence-corrected chi connectivity index (χ1v) is 8.02. The van der Waals surface area contributed by atoms with Gasteiger partial charge in [0.1, 0.15) is 5.65 Å². The fraction of sp³-hybridized carbons (Fsp3) is 0.588. The molecule has 114 valence electrons. The minimum Gasteiger partial charge on any atom is -0.330 e. The van der Waals surface area contributed by atoms with Gasteiger partial charge in [-0.2, -0.15) is 0 Å². The van der Waals surface area contributed by atoms with Crippen molar-refractivity contribution in [1.29, 1.82) is 0 Å². The minimum atomic E-state index is 0.607. The number of pyridine rings is 1. The Morgan fingerprint density at radius 2 is 2.10 bits per heavy atom. The third-order valence-electron chi connectivity index (χ3n) is 4.80. The molecule has 4 heteroatoms. The lowest BCUT2D eigenvalue weighted by Gasteiger charge is -2.37. The maximum absolute atomic E-state index is 5.96. The number of fused-ring (bicyclic) bond motifs is 1.